The average Bonchev–Trinajstić information content (AvgIpc) is 2.84. The predicted octanol–water partition coefficient (Wildman–Crippen LogP) is 2.73. The summed E-state index contributed by atoms with van der Waals surface area (Å²) < 4.78 is 0. The third-order valence-corrected chi connectivity index (χ3v) is 4.53. The molecule has 1 saturated carbocycles. The second-order valence-corrected chi connectivity index (χ2v) is 7.27. The molecule has 1 aliphatic carbocycles. The van der Waals surface area contributed by atoms with E-state index in [0.29, 0.717) is 12.5 Å². The number of nitrogens with one attached hydrogen (secondary N) is 1. The molecule has 0 radical (unpaired) electrons. The van der Waals surface area contributed by atoms with Gasteiger partial charge in [-0.05, 0) is 36.5 Å². The highest BCUT2D eigenvalue weighted by Gasteiger charge is 2.36. The van der Waals surface area contributed by atoms with E-state index in [1.165, 1.54) is 25.7 Å². The van der Waals surface area contributed by atoms with Crippen molar-refractivity contribution < 1.29 is 10.0 Å². The molecule has 0 aromatic carbocycles. The lowest BCUT2D eigenvalue weighted by Crippen LogP contribution is -2.45. The van der Waals surface area contributed by atoms with Gasteiger partial charge in [0.1, 0.15) is 5.92 Å². The van der Waals surface area contributed by atoms with E-state index in [4.69, 9.17) is 10.9 Å². The van der Waals surface area contributed by atoms with Crippen molar-refractivity contribution in [1.82, 2.24) is 5.32 Å². The highest BCUT2D eigenvalue weighted by atomic mass is 16.4. The molecule has 21 heavy (non-hydrogen) atoms. The third kappa shape index (κ3) is 4.90. The number of hydrogen-bond acceptors (Lipinski definition) is 3. The van der Waals surface area contributed by atoms with Crippen molar-refractivity contribution >= 4 is 11.7 Å². The quantitative estimate of drug-likeness (QED) is 0.292. The molecule has 1 fully saturated rings. The van der Waals surface area contributed by atoms with Gasteiger partial charge in [-0.2, -0.15) is 0 Å². The van der Waals surface area contributed by atoms with Crippen LogP contribution in [0.4, 0.5) is 0 Å². The number of amides is 1. The van der Waals surface area contributed by atoms with Crippen molar-refractivity contribution in [2.24, 2.45) is 34.1 Å². The lowest BCUT2D eigenvalue weighted by molar-refractivity contribution is -0.124. The lowest BCUT2D eigenvalue weighted by atomic mass is 9.78. The smallest absolute Gasteiger partial charge is 0.231 e. The Morgan fingerprint density at radius 3 is 2.29 bits per heavy atom. The predicted molar refractivity (Wildman–Crippen MR) is 85.1 cm³/mol. The molecule has 1 rings (SSSR count). The zero-order valence-corrected chi connectivity index (χ0v) is 13.9. The molecule has 4 N–H and O–H groups in total. The van der Waals surface area contributed by atoms with Crippen molar-refractivity contribution in [2.45, 2.75) is 59.8 Å². The first kappa shape index (κ1) is 17.8. The summed E-state index contributed by atoms with van der Waals surface area (Å²) in [5.41, 5.74) is 5.89. The zero-order valence-electron chi connectivity index (χ0n) is 13.9. The number of carbonyl (C=O) groups is 1. The van der Waals surface area contributed by atoms with Crippen LogP contribution in [0.15, 0.2) is 5.16 Å². The Morgan fingerprint density at radius 1 is 1.29 bits per heavy atom. The van der Waals surface area contributed by atoms with E-state index in [1.54, 1.807) is 0 Å². The van der Waals surface area contributed by atoms with Gasteiger partial charge in [0, 0.05) is 6.54 Å². The highest BCUT2D eigenvalue weighted by molar-refractivity contribution is 6.02. The Morgan fingerprint density at radius 2 is 1.86 bits per heavy atom. The molecule has 5 heteroatoms. The molecule has 0 aromatic rings. The molecule has 1 amide bonds. The van der Waals surface area contributed by atoms with Gasteiger partial charge in [-0.15, -0.1) is 0 Å². The van der Waals surface area contributed by atoms with Gasteiger partial charge in [0.15, 0.2) is 5.84 Å². The summed E-state index contributed by atoms with van der Waals surface area (Å²) in [5, 5.41) is 14.9. The van der Waals surface area contributed by atoms with Crippen LogP contribution in [0.1, 0.15) is 59.8 Å². The first-order valence-corrected chi connectivity index (χ1v) is 8.06. The van der Waals surface area contributed by atoms with Crippen LogP contribution in [0.25, 0.3) is 0 Å². The molecule has 0 aliphatic heterocycles. The van der Waals surface area contributed by atoms with E-state index in [1.807, 2.05) is 13.8 Å². The van der Waals surface area contributed by atoms with Crippen LogP contribution < -0.4 is 11.1 Å². The minimum atomic E-state index is -0.562. The molecule has 0 bridgehead atoms. The van der Waals surface area contributed by atoms with Crippen LogP contribution in [-0.4, -0.2) is 23.5 Å². The number of hydrogen-bond donors (Lipinski definition) is 3. The van der Waals surface area contributed by atoms with Crippen LogP contribution in [0.5, 0.6) is 0 Å². The Hall–Kier alpha value is -1.26. The minimum Gasteiger partial charge on any atom is -0.409 e. The standard InChI is InChI=1S/C16H31N3O2/c1-11(2)9-16(7-5-6-8-16)10-18-15(20)13(12(3)4)14(17)19-21/h11-13,21H,5-10H2,1-4H3,(H2,17,19)(H,18,20). The molecule has 1 atom stereocenters. The van der Waals surface area contributed by atoms with Gasteiger partial charge in [0.25, 0.3) is 0 Å². The van der Waals surface area contributed by atoms with Crippen molar-refractivity contribution in [3.63, 3.8) is 0 Å². The monoisotopic (exact) mass is 297 g/mol. The van der Waals surface area contributed by atoms with Gasteiger partial charge in [-0.25, -0.2) is 0 Å². The molecular weight excluding hydrogens is 266 g/mol. The van der Waals surface area contributed by atoms with Crippen LogP contribution in [0.2, 0.25) is 0 Å². The average molecular weight is 297 g/mol. The number of amidine groups is 1. The second-order valence-electron chi connectivity index (χ2n) is 7.27. The molecule has 5 nitrogen and oxygen atoms in total. The zero-order chi connectivity index (χ0) is 16.0. The summed E-state index contributed by atoms with van der Waals surface area (Å²) in [7, 11) is 0. The van der Waals surface area contributed by atoms with Crippen LogP contribution in [0.3, 0.4) is 0 Å². The fourth-order valence-corrected chi connectivity index (χ4v) is 3.67. The largest absolute Gasteiger partial charge is 0.409 e. The van der Waals surface area contributed by atoms with E-state index < -0.39 is 5.92 Å². The maximum atomic E-state index is 12.4. The van der Waals surface area contributed by atoms with Crippen LogP contribution >= 0.6 is 0 Å². The van der Waals surface area contributed by atoms with Gasteiger partial charge < -0.3 is 16.3 Å². The Kier molecular flexibility index (Phi) is 6.49. The van der Waals surface area contributed by atoms with Gasteiger partial charge in [0.2, 0.25) is 5.91 Å². The van der Waals surface area contributed by atoms with Crippen molar-refractivity contribution in [3.05, 3.63) is 0 Å². The van der Waals surface area contributed by atoms with Crippen molar-refractivity contribution in [2.75, 3.05) is 6.54 Å². The summed E-state index contributed by atoms with van der Waals surface area (Å²) in [4.78, 5) is 12.4. The number of nitrogens with two attached hydrogens (primary N) is 1. The fraction of sp³-hybridized carbons (Fsp3) is 0.875. The fourth-order valence-electron chi connectivity index (χ4n) is 3.67. The first-order chi connectivity index (χ1) is 9.81. The van der Waals surface area contributed by atoms with E-state index in [0.717, 1.165) is 6.42 Å². The lowest BCUT2D eigenvalue weighted by Gasteiger charge is -2.32. The molecule has 0 heterocycles. The minimum absolute atomic E-state index is 0.00512. The number of oxime groups is 1. The maximum Gasteiger partial charge on any atom is 0.231 e. The number of nitrogens with zero attached hydrogens (tertiary/aromatic N) is 1. The summed E-state index contributed by atoms with van der Waals surface area (Å²) in [5.74, 6) is -0.0647. The van der Waals surface area contributed by atoms with Gasteiger partial charge in [-0.1, -0.05) is 45.7 Å². The normalized spacial score (nSPS) is 20.0. The highest BCUT2D eigenvalue weighted by Crippen LogP contribution is 2.42. The third-order valence-electron chi connectivity index (χ3n) is 4.53. The molecule has 122 valence electrons. The van der Waals surface area contributed by atoms with E-state index in [-0.39, 0.29) is 23.1 Å². The Balaban J connectivity index is 2.68. The Bertz CT molecular complexity index is 372. The van der Waals surface area contributed by atoms with Crippen LogP contribution in [-0.2, 0) is 4.79 Å². The van der Waals surface area contributed by atoms with E-state index >= 15 is 0 Å². The molecule has 0 spiro atoms. The molecular formula is C16H31N3O2. The Labute approximate surface area is 128 Å². The molecule has 1 aliphatic rings. The second kappa shape index (κ2) is 7.66. The first-order valence-electron chi connectivity index (χ1n) is 8.06. The van der Waals surface area contributed by atoms with Gasteiger partial charge in [0.05, 0.1) is 0 Å². The van der Waals surface area contributed by atoms with Crippen LogP contribution in [0, 0.1) is 23.2 Å². The van der Waals surface area contributed by atoms with Crippen molar-refractivity contribution in [1.29, 1.82) is 0 Å². The van der Waals surface area contributed by atoms with E-state index in [9.17, 15) is 4.79 Å². The summed E-state index contributed by atoms with van der Waals surface area (Å²) in [6.45, 7) is 8.97. The summed E-state index contributed by atoms with van der Waals surface area (Å²) in [6, 6.07) is 0. The molecule has 1 unspecified atom stereocenters. The van der Waals surface area contributed by atoms with E-state index in [2.05, 4.69) is 24.3 Å². The summed E-state index contributed by atoms with van der Waals surface area (Å²) in [6.07, 6.45) is 6.00. The molecule has 0 saturated heterocycles. The van der Waals surface area contributed by atoms with Gasteiger partial charge in [-0.3, -0.25) is 4.79 Å². The van der Waals surface area contributed by atoms with Gasteiger partial charge >= 0.3 is 0 Å². The number of rotatable bonds is 7. The molecule has 0 aromatic heterocycles. The number of carbonyl (C=O) groups excluding carboxylic acids is 1. The topological polar surface area (TPSA) is 87.7 Å². The van der Waals surface area contributed by atoms with Crippen molar-refractivity contribution in [3.8, 4) is 0 Å². The SMILES string of the molecule is CC(C)CC1(CNC(=O)C(C(N)=NO)C(C)C)CCCC1. The maximum absolute atomic E-state index is 12.4. The summed E-state index contributed by atoms with van der Waals surface area (Å²) >= 11 is 0.